The van der Waals surface area contributed by atoms with Crippen molar-refractivity contribution in [1.82, 2.24) is 0 Å². The number of carbonyl (C=O) groups excluding carboxylic acids is 1. The van der Waals surface area contributed by atoms with E-state index < -0.39 is 11.6 Å². The summed E-state index contributed by atoms with van der Waals surface area (Å²) in [6.45, 7) is 0. The number of hydrogen-bond acceptors (Lipinski definition) is 2. The second-order valence-electron chi connectivity index (χ2n) is 5.87. The Morgan fingerprint density at radius 3 is 2.50 bits per heavy atom. The number of ketones is 1. The predicted molar refractivity (Wildman–Crippen MR) is 76.8 cm³/mol. The molecule has 2 bridgehead atoms. The molecule has 1 aromatic rings. The van der Waals surface area contributed by atoms with Crippen molar-refractivity contribution in [1.29, 1.82) is 0 Å². The highest BCUT2D eigenvalue weighted by atomic mass is 32.2. The maximum atomic E-state index is 13.2. The fourth-order valence-electron chi connectivity index (χ4n) is 3.32. The van der Waals surface area contributed by atoms with Gasteiger partial charge in [-0.05, 0) is 43.4 Å². The number of fused-ring (bicyclic) bond motifs is 2. The molecule has 0 radical (unpaired) electrons. The van der Waals surface area contributed by atoms with Gasteiger partial charge in [0.2, 0.25) is 0 Å². The molecule has 2 fully saturated rings. The standard InChI is InChI=1S/C16H18F2OS/c17-14-5-4-10(6-15(14)18)7-16(19)11-8-12-2-1-3-13(9-11)20-12/h4-6,11-13H,1-3,7-9H2. The van der Waals surface area contributed by atoms with Gasteiger partial charge in [-0.15, -0.1) is 0 Å². The Morgan fingerprint density at radius 1 is 1.15 bits per heavy atom. The minimum Gasteiger partial charge on any atom is -0.299 e. The largest absolute Gasteiger partial charge is 0.299 e. The van der Waals surface area contributed by atoms with Crippen LogP contribution in [0, 0.1) is 17.6 Å². The van der Waals surface area contributed by atoms with Gasteiger partial charge in [-0.25, -0.2) is 8.78 Å². The van der Waals surface area contributed by atoms with Gasteiger partial charge in [-0.1, -0.05) is 12.5 Å². The summed E-state index contributed by atoms with van der Waals surface area (Å²) in [7, 11) is 0. The van der Waals surface area contributed by atoms with Crippen LogP contribution in [0.4, 0.5) is 8.78 Å². The average molecular weight is 296 g/mol. The van der Waals surface area contributed by atoms with Crippen LogP contribution >= 0.6 is 11.8 Å². The Bertz CT molecular complexity index is 505. The maximum absolute atomic E-state index is 13.2. The van der Waals surface area contributed by atoms with Gasteiger partial charge in [0.05, 0.1) is 0 Å². The SMILES string of the molecule is O=C(Cc1ccc(F)c(F)c1)C1CC2CCCC(C1)S2. The number of halogens is 2. The molecular weight excluding hydrogens is 278 g/mol. The first-order valence-corrected chi connectivity index (χ1v) is 8.18. The molecule has 20 heavy (non-hydrogen) atoms. The van der Waals surface area contributed by atoms with E-state index in [4.69, 9.17) is 0 Å². The van der Waals surface area contributed by atoms with Gasteiger partial charge >= 0.3 is 0 Å². The van der Waals surface area contributed by atoms with E-state index in [1.807, 2.05) is 11.8 Å². The molecule has 2 saturated heterocycles. The third-order valence-corrected chi connectivity index (χ3v) is 5.98. The van der Waals surface area contributed by atoms with Gasteiger partial charge < -0.3 is 0 Å². The van der Waals surface area contributed by atoms with Gasteiger partial charge in [0, 0.05) is 22.8 Å². The maximum Gasteiger partial charge on any atom is 0.159 e. The summed E-state index contributed by atoms with van der Waals surface area (Å²) in [4.78, 5) is 12.4. The van der Waals surface area contributed by atoms with E-state index in [2.05, 4.69) is 0 Å². The van der Waals surface area contributed by atoms with Crippen LogP contribution in [0.15, 0.2) is 18.2 Å². The van der Waals surface area contributed by atoms with Crippen molar-refractivity contribution in [2.45, 2.75) is 49.0 Å². The number of Topliss-reactive ketones (excluding diaryl/α,β-unsaturated/α-hetero) is 1. The van der Waals surface area contributed by atoms with Crippen LogP contribution in [0.1, 0.15) is 37.7 Å². The summed E-state index contributed by atoms with van der Waals surface area (Å²) < 4.78 is 26.1. The highest BCUT2D eigenvalue weighted by Gasteiger charge is 2.35. The molecule has 0 aliphatic carbocycles. The Balaban J connectivity index is 1.65. The number of hydrogen-bond donors (Lipinski definition) is 0. The first-order chi connectivity index (χ1) is 9.61. The van der Waals surface area contributed by atoms with Crippen molar-refractivity contribution in [2.24, 2.45) is 5.92 Å². The Hall–Kier alpha value is -0.900. The average Bonchev–Trinajstić information content (AvgIpc) is 2.42. The monoisotopic (exact) mass is 296 g/mol. The van der Waals surface area contributed by atoms with Gasteiger partial charge in [0.15, 0.2) is 11.6 Å². The van der Waals surface area contributed by atoms with Crippen molar-refractivity contribution in [3.8, 4) is 0 Å². The fourth-order valence-corrected chi connectivity index (χ4v) is 5.15. The zero-order chi connectivity index (χ0) is 14.1. The first-order valence-electron chi connectivity index (χ1n) is 7.24. The van der Waals surface area contributed by atoms with Crippen molar-refractivity contribution >= 4 is 17.5 Å². The summed E-state index contributed by atoms with van der Waals surface area (Å²) in [5.74, 6) is -1.43. The molecule has 0 N–H and O–H groups in total. The Morgan fingerprint density at radius 2 is 1.85 bits per heavy atom. The Kier molecular flexibility index (Phi) is 4.11. The summed E-state index contributed by atoms with van der Waals surface area (Å²) in [5, 5.41) is 1.25. The van der Waals surface area contributed by atoms with Crippen molar-refractivity contribution in [3.63, 3.8) is 0 Å². The van der Waals surface area contributed by atoms with Crippen LogP contribution in [0.5, 0.6) is 0 Å². The summed E-state index contributed by atoms with van der Waals surface area (Å²) in [5.41, 5.74) is 0.581. The highest BCUT2D eigenvalue weighted by molar-refractivity contribution is 8.00. The van der Waals surface area contributed by atoms with Crippen LogP contribution < -0.4 is 0 Å². The quantitative estimate of drug-likeness (QED) is 0.834. The molecule has 0 saturated carbocycles. The zero-order valence-electron chi connectivity index (χ0n) is 11.3. The van der Waals surface area contributed by atoms with Crippen LogP contribution in [0.3, 0.4) is 0 Å². The second-order valence-corrected chi connectivity index (χ2v) is 7.48. The summed E-state index contributed by atoms with van der Waals surface area (Å²) in [6, 6.07) is 3.75. The molecule has 2 aliphatic rings. The normalized spacial score (nSPS) is 29.2. The third kappa shape index (κ3) is 3.05. The molecule has 0 spiro atoms. The number of carbonyl (C=O) groups is 1. The predicted octanol–water partition coefficient (Wildman–Crippen LogP) is 4.14. The Labute approximate surface area is 122 Å². The van der Waals surface area contributed by atoms with E-state index in [1.54, 1.807) is 0 Å². The van der Waals surface area contributed by atoms with Crippen LogP contribution in [0.25, 0.3) is 0 Å². The lowest BCUT2D eigenvalue weighted by Gasteiger charge is -2.38. The molecule has 2 atom stereocenters. The smallest absolute Gasteiger partial charge is 0.159 e. The van der Waals surface area contributed by atoms with Crippen molar-refractivity contribution in [2.75, 3.05) is 0 Å². The molecule has 108 valence electrons. The second kappa shape index (κ2) is 5.84. The molecule has 2 aliphatic heterocycles. The number of benzene rings is 1. The van der Waals surface area contributed by atoms with Crippen LogP contribution in [0.2, 0.25) is 0 Å². The molecule has 0 aromatic heterocycles. The number of thioether (sulfide) groups is 1. The molecule has 2 heterocycles. The van der Waals surface area contributed by atoms with Gasteiger partial charge in [0.1, 0.15) is 5.78 Å². The fraction of sp³-hybridized carbons (Fsp3) is 0.562. The van der Waals surface area contributed by atoms with E-state index in [1.165, 1.54) is 25.3 Å². The third-order valence-electron chi connectivity index (χ3n) is 4.35. The minimum atomic E-state index is -0.869. The highest BCUT2D eigenvalue weighted by Crippen LogP contribution is 2.44. The molecule has 1 nitrogen and oxygen atoms in total. The van der Waals surface area contributed by atoms with Crippen molar-refractivity contribution < 1.29 is 13.6 Å². The zero-order valence-corrected chi connectivity index (χ0v) is 12.1. The molecule has 3 rings (SSSR count). The van der Waals surface area contributed by atoms with E-state index in [9.17, 15) is 13.6 Å². The van der Waals surface area contributed by atoms with Gasteiger partial charge in [-0.2, -0.15) is 11.8 Å². The molecule has 2 unspecified atom stereocenters. The first kappa shape index (κ1) is 14.1. The summed E-state index contributed by atoms with van der Waals surface area (Å²) in [6.07, 6.45) is 5.87. The molecular formula is C16H18F2OS. The van der Waals surface area contributed by atoms with Gasteiger partial charge in [0.25, 0.3) is 0 Å². The van der Waals surface area contributed by atoms with E-state index in [-0.39, 0.29) is 18.1 Å². The number of rotatable bonds is 3. The molecule has 1 aromatic carbocycles. The van der Waals surface area contributed by atoms with Crippen LogP contribution in [-0.4, -0.2) is 16.3 Å². The molecule has 4 heteroatoms. The van der Waals surface area contributed by atoms with Crippen molar-refractivity contribution in [3.05, 3.63) is 35.4 Å². The van der Waals surface area contributed by atoms with E-state index in [0.29, 0.717) is 16.1 Å². The topological polar surface area (TPSA) is 17.1 Å². The van der Waals surface area contributed by atoms with E-state index in [0.717, 1.165) is 25.0 Å². The molecule has 0 amide bonds. The summed E-state index contributed by atoms with van der Waals surface area (Å²) >= 11 is 2.04. The lowest BCUT2D eigenvalue weighted by atomic mass is 9.85. The van der Waals surface area contributed by atoms with Crippen LogP contribution in [-0.2, 0) is 11.2 Å². The lowest BCUT2D eigenvalue weighted by Crippen LogP contribution is -2.33. The van der Waals surface area contributed by atoms with Gasteiger partial charge in [-0.3, -0.25) is 4.79 Å². The lowest BCUT2D eigenvalue weighted by molar-refractivity contribution is -0.122. The van der Waals surface area contributed by atoms with E-state index >= 15 is 0 Å². The minimum absolute atomic E-state index is 0.111.